The van der Waals surface area contributed by atoms with Crippen molar-refractivity contribution in [2.24, 2.45) is 0 Å². The molecule has 6 rings (SSSR count). The van der Waals surface area contributed by atoms with E-state index in [-0.39, 0.29) is 53.2 Å². The van der Waals surface area contributed by atoms with Gasteiger partial charge < -0.3 is 0 Å². The number of hydrogen-bond acceptors (Lipinski definition) is 6. The van der Waals surface area contributed by atoms with Gasteiger partial charge in [-0.25, -0.2) is 14.4 Å². The summed E-state index contributed by atoms with van der Waals surface area (Å²) < 4.78 is 13.0. The minimum Gasteiger partial charge on any atom is -0.261 e. The van der Waals surface area contributed by atoms with E-state index in [1.54, 1.807) is 19.2 Å². The van der Waals surface area contributed by atoms with Gasteiger partial charge in [-0.2, -0.15) is 0 Å². The van der Waals surface area contributed by atoms with Gasteiger partial charge in [0.15, 0.2) is 0 Å². The molecule has 0 spiro atoms. The summed E-state index contributed by atoms with van der Waals surface area (Å²) in [7, 11) is 0. The molecule has 0 fully saturated rings. The van der Waals surface area contributed by atoms with Crippen molar-refractivity contribution in [3.05, 3.63) is 177 Å². The third-order valence-corrected chi connectivity index (χ3v) is 10.9. The van der Waals surface area contributed by atoms with Gasteiger partial charge in [-0.15, -0.1) is 0 Å². The van der Waals surface area contributed by atoms with Gasteiger partial charge in [-0.05, 0) is 133 Å². The van der Waals surface area contributed by atoms with E-state index in [0.717, 1.165) is 34.0 Å². The van der Waals surface area contributed by atoms with Crippen molar-refractivity contribution in [3.8, 4) is 0 Å². The standard InChI is InChI=1S/C12H18.C10H14FN.3C10H15N.C9H14N2.6C2H6.2CH4/c1-9-6-7-11(8-10(9)2)12(3,4)5;1-7-9(11)5-8(6-12-7)10(2,3)4;1-8-5-6-9(7-11-8)10(2,3)4;2*1-8-5-6-9(11-7-8)10(2,3)4;1-7-5-10-8(11-6-7)9(2,3)4;6*1-2;;/h6-8H,1-5H3;5-6H,1-4H3;3*5-7H,1-4H3;5-6H,1-4H3;6*1-2H3;2*1H4. The maximum Gasteiger partial charge on any atom is 0.144 e. The third-order valence-electron chi connectivity index (χ3n) is 10.9. The normalized spacial score (nSPS) is 10.1. The van der Waals surface area contributed by atoms with Crippen LogP contribution in [0.1, 0.15) is 296 Å². The Labute approximate surface area is 512 Å². The molecule has 6 nitrogen and oxygen atoms in total. The first-order valence-corrected chi connectivity index (χ1v) is 30.1. The third kappa shape index (κ3) is 43.5. The molecule has 0 saturated heterocycles. The molecule has 7 heteroatoms. The predicted octanol–water partition coefficient (Wildman–Crippen LogP) is 24.0. The average molecular weight is 1140 g/mol. The van der Waals surface area contributed by atoms with E-state index in [4.69, 9.17) is 0 Å². The molecule has 0 saturated carbocycles. The van der Waals surface area contributed by atoms with Crippen LogP contribution in [0.15, 0.2) is 97.8 Å². The quantitative estimate of drug-likeness (QED) is 0.151. The first kappa shape index (κ1) is 93.3. The van der Waals surface area contributed by atoms with E-state index in [1.165, 1.54) is 33.4 Å². The van der Waals surface area contributed by atoms with Gasteiger partial charge >= 0.3 is 0 Å². The van der Waals surface area contributed by atoms with Crippen molar-refractivity contribution in [3.63, 3.8) is 0 Å². The molecule has 0 atom stereocenters. The molecule has 82 heavy (non-hydrogen) atoms. The Hall–Kier alpha value is -5.17. The summed E-state index contributed by atoms with van der Waals surface area (Å²) in [6.07, 6.45) is 11.2. The SMILES string of the molecule is C.C.CC.CC.CC.CC.CC.CC.Cc1ccc(C(C)(C)C)cc1C.Cc1ccc(C(C)(C)C)cn1.Cc1ccc(C(C)(C)C)nc1.Cc1ccc(C(C)(C)C)nc1.Cc1cnc(C(C)(C)C)nc1.Cc1ncc(C(C)(C)C)cc1F. The van der Waals surface area contributed by atoms with Crippen molar-refractivity contribution in [2.75, 3.05) is 0 Å². The van der Waals surface area contributed by atoms with Crippen molar-refractivity contribution in [2.45, 2.75) is 304 Å². The van der Waals surface area contributed by atoms with E-state index < -0.39 is 0 Å². The van der Waals surface area contributed by atoms with Gasteiger partial charge in [-0.3, -0.25) is 19.9 Å². The molecule has 0 radical (unpaired) electrons. The van der Waals surface area contributed by atoms with E-state index >= 15 is 0 Å². The number of rotatable bonds is 0. The topological polar surface area (TPSA) is 77.3 Å². The maximum absolute atomic E-state index is 13.0. The molecule has 6 aromatic rings. The summed E-state index contributed by atoms with van der Waals surface area (Å²) in [4.78, 5) is 25.4. The largest absolute Gasteiger partial charge is 0.261 e. The Kier molecular flexibility index (Phi) is 53.7. The second kappa shape index (κ2) is 47.2. The highest BCUT2D eigenvalue weighted by Crippen LogP contribution is 2.25. The summed E-state index contributed by atoms with van der Waals surface area (Å²) in [5.41, 5.74) is 14.7. The minimum atomic E-state index is -0.220. The summed E-state index contributed by atoms with van der Waals surface area (Å²) in [6.45, 7) is 76.9. The van der Waals surface area contributed by atoms with E-state index in [2.05, 4.69) is 216 Å². The zero-order chi connectivity index (χ0) is 64.6. The Bertz CT molecular complexity index is 2090. The Morgan fingerprint density at radius 1 is 0.293 bits per heavy atom. The number of nitrogens with zero attached hydrogens (tertiary/aromatic N) is 6. The molecule has 0 aliphatic heterocycles. The van der Waals surface area contributed by atoms with Crippen molar-refractivity contribution in [1.82, 2.24) is 29.9 Å². The second-order valence-corrected chi connectivity index (χ2v) is 24.3. The van der Waals surface area contributed by atoms with Crippen LogP contribution in [0.3, 0.4) is 0 Å². The zero-order valence-electron chi connectivity index (χ0n) is 59.3. The highest BCUT2D eigenvalue weighted by Gasteiger charge is 2.18. The number of hydrogen-bond donors (Lipinski definition) is 0. The van der Waals surface area contributed by atoms with Crippen LogP contribution in [0, 0.1) is 54.3 Å². The minimum absolute atomic E-state index is 0. The Morgan fingerprint density at radius 3 is 0.902 bits per heavy atom. The molecule has 5 heterocycles. The molecule has 0 unspecified atom stereocenters. The lowest BCUT2D eigenvalue weighted by Crippen LogP contribution is -2.15. The van der Waals surface area contributed by atoms with Crippen LogP contribution in [0.2, 0.25) is 0 Å². The molecule has 0 aliphatic carbocycles. The molecule has 472 valence electrons. The van der Waals surface area contributed by atoms with Crippen LogP contribution >= 0.6 is 0 Å². The molecular formula is C75H135FN6. The average Bonchev–Trinajstić information content (AvgIpc) is 3.39. The number of halogens is 1. The van der Waals surface area contributed by atoms with Crippen LogP contribution < -0.4 is 0 Å². The Balaban J connectivity index is -0.000000128. The molecule has 0 amide bonds. The first-order valence-electron chi connectivity index (χ1n) is 30.1. The lowest BCUT2D eigenvalue weighted by molar-refractivity contribution is 0.544. The smallest absolute Gasteiger partial charge is 0.144 e. The summed E-state index contributed by atoms with van der Waals surface area (Å²) in [5, 5.41) is 0. The number of aryl methyl sites for hydroxylation is 7. The zero-order valence-corrected chi connectivity index (χ0v) is 59.3. The van der Waals surface area contributed by atoms with E-state index in [0.29, 0.717) is 5.69 Å². The van der Waals surface area contributed by atoms with Gasteiger partial charge in [-0.1, -0.05) is 259 Å². The van der Waals surface area contributed by atoms with Crippen molar-refractivity contribution < 1.29 is 4.39 Å². The maximum atomic E-state index is 13.0. The second-order valence-electron chi connectivity index (χ2n) is 24.3. The first-order chi connectivity index (χ1) is 36.8. The molecular weight excluding hydrogens is 1000 g/mol. The van der Waals surface area contributed by atoms with Gasteiger partial charge in [0.1, 0.15) is 11.6 Å². The lowest BCUT2D eigenvalue weighted by Gasteiger charge is -2.19. The highest BCUT2D eigenvalue weighted by atomic mass is 19.1. The monoisotopic (exact) mass is 1140 g/mol. The molecule has 0 N–H and O–H groups in total. The molecule has 0 bridgehead atoms. The van der Waals surface area contributed by atoms with Gasteiger partial charge in [0, 0.05) is 70.5 Å². The Morgan fingerprint density at radius 2 is 0.634 bits per heavy atom. The molecule has 0 aliphatic rings. The van der Waals surface area contributed by atoms with Crippen LogP contribution in [-0.4, -0.2) is 29.9 Å². The number of pyridine rings is 4. The van der Waals surface area contributed by atoms with Crippen LogP contribution in [0.5, 0.6) is 0 Å². The van der Waals surface area contributed by atoms with E-state index in [1.807, 2.05) is 149 Å². The number of aromatic nitrogens is 6. The van der Waals surface area contributed by atoms with Crippen LogP contribution in [-0.2, 0) is 32.5 Å². The van der Waals surface area contributed by atoms with Gasteiger partial charge in [0.05, 0.1) is 5.69 Å². The summed E-state index contributed by atoms with van der Waals surface area (Å²) >= 11 is 0. The summed E-state index contributed by atoms with van der Waals surface area (Å²) in [5.74, 6) is 0.686. The highest BCUT2D eigenvalue weighted by molar-refractivity contribution is 5.33. The lowest BCUT2D eigenvalue weighted by atomic mass is 9.85. The summed E-state index contributed by atoms with van der Waals surface area (Å²) in [6, 6.07) is 20.9. The van der Waals surface area contributed by atoms with Gasteiger partial charge in [0.2, 0.25) is 0 Å². The molecule has 1 aromatic carbocycles. The van der Waals surface area contributed by atoms with Gasteiger partial charge in [0.25, 0.3) is 0 Å². The number of benzene rings is 1. The molecule has 5 aromatic heterocycles. The fourth-order valence-electron chi connectivity index (χ4n) is 5.64. The van der Waals surface area contributed by atoms with Crippen LogP contribution in [0.4, 0.5) is 4.39 Å². The van der Waals surface area contributed by atoms with Crippen molar-refractivity contribution >= 4 is 0 Å². The van der Waals surface area contributed by atoms with Crippen LogP contribution in [0.25, 0.3) is 0 Å². The predicted molar refractivity (Wildman–Crippen MR) is 372 cm³/mol. The van der Waals surface area contributed by atoms with Crippen molar-refractivity contribution in [1.29, 1.82) is 0 Å². The fraction of sp³-hybridized carbons (Fsp3) is 0.600. The van der Waals surface area contributed by atoms with E-state index in [9.17, 15) is 4.39 Å². The fourth-order valence-corrected chi connectivity index (χ4v) is 5.64.